The van der Waals surface area contributed by atoms with Crippen LogP contribution in [0, 0.1) is 35.5 Å². The monoisotopic (exact) mass is 774 g/mol. The molecule has 7 rings (SSSR count). The molecule has 0 spiro atoms. The highest BCUT2D eigenvalue weighted by molar-refractivity contribution is 6.42. The Morgan fingerprint density at radius 2 is 0.845 bits per heavy atom. The Morgan fingerprint density at radius 1 is 0.466 bits per heavy atom. The van der Waals surface area contributed by atoms with Crippen LogP contribution in [0.5, 0.6) is 0 Å². The summed E-state index contributed by atoms with van der Waals surface area (Å²) in [6, 6.07) is 11.6. The third kappa shape index (κ3) is 7.14. The minimum Gasteiger partial charge on any atom is -0.274 e. The molecule has 6 heteroatoms. The van der Waals surface area contributed by atoms with E-state index in [1.165, 1.54) is 9.80 Å². The van der Waals surface area contributed by atoms with Gasteiger partial charge in [0, 0.05) is 91.6 Å². The first-order valence-electron chi connectivity index (χ1n) is 22.2. The zero-order chi connectivity index (χ0) is 41.1. The van der Waals surface area contributed by atoms with Crippen molar-refractivity contribution in [1.29, 1.82) is 0 Å². The van der Waals surface area contributed by atoms with Crippen molar-refractivity contribution in [2.75, 3.05) is 13.1 Å². The maximum absolute atomic E-state index is 14.7. The van der Waals surface area contributed by atoms with Gasteiger partial charge in [0.15, 0.2) is 0 Å². The number of nitrogens with zero attached hydrogens (tertiary/aromatic N) is 2. The van der Waals surface area contributed by atoms with E-state index in [1.54, 1.807) is 0 Å². The predicted octanol–water partition coefficient (Wildman–Crippen LogP) is 12.4. The molecule has 0 bridgehead atoms. The Balaban J connectivity index is 1.55. The van der Waals surface area contributed by atoms with Crippen molar-refractivity contribution in [2.45, 2.75) is 131 Å². The van der Waals surface area contributed by atoms with Crippen LogP contribution in [0.1, 0.15) is 184 Å². The Morgan fingerprint density at radius 3 is 1.21 bits per heavy atom. The average molecular weight is 775 g/mol. The van der Waals surface area contributed by atoms with Crippen molar-refractivity contribution in [3.63, 3.8) is 0 Å². The first-order chi connectivity index (χ1) is 28.2. The van der Waals surface area contributed by atoms with Gasteiger partial charge in [0.1, 0.15) is 0 Å². The molecule has 0 aromatic heterocycles. The molecule has 6 nitrogen and oxygen atoms in total. The average Bonchev–Trinajstić information content (AvgIpc) is 3.24. The van der Waals surface area contributed by atoms with E-state index in [-0.39, 0.29) is 35.5 Å². The van der Waals surface area contributed by atoms with Crippen LogP contribution in [0.4, 0.5) is 0 Å². The maximum atomic E-state index is 14.7. The molecule has 4 amide bonds. The number of unbranched alkanes of at least 4 members (excludes halogenated alkanes) is 6. The molecule has 2 aliphatic heterocycles. The summed E-state index contributed by atoms with van der Waals surface area (Å²) in [6.45, 7) is 13.7. The molecule has 5 aromatic carbocycles. The van der Waals surface area contributed by atoms with Crippen LogP contribution < -0.4 is 0 Å². The minimum absolute atomic E-state index is 0.224. The minimum atomic E-state index is -0.274. The Hall–Kier alpha value is -5.20. The lowest BCUT2D eigenvalue weighted by Crippen LogP contribution is -2.43. The second-order valence-corrected chi connectivity index (χ2v) is 16.6. The number of hydrogen-bond donors (Lipinski definition) is 0. The first kappa shape index (κ1) is 41.0. The fraction of sp³-hybridized carbons (Fsp3) is 0.462. The summed E-state index contributed by atoms with van der Waals surface area (Å²) < 4.78 is 0. The lowest BCUT2D eigenvalue weighted by Gasteiger charge is -2.33. The number of benzene rings is 5. The third-order valence-corrected chi connectivity index (χ3v) is 12.7. The van der Waals surface area contributed by atoms with Crippen molar-refractivity contribution in [1.82, 2.24) is 9.80 Å². The topological polar surface area (TPSA) is 74.8 Å². The second-order valence-electron chi connectivity index (χ2n) is 16.6. The van der Waals surface area contributed by atoms with Gasteiger partial charge in [-0.05, 0) is 72.6 Å². The summed E-state index contributed by atoms with van der Waals surface area (Å²) in [7, 11) is 0. The maximum Gasteiger partial charge on any atom is 0.261 e. The Bertz CT molecular complexity index is 2380. The number of carbonyl (C=O) groups excluding carboxylic acids is 4. The smallest absolute Gasteiger partial charge is 0.261 e. The molecule has 5 aromatic rings. The highest BCUT2D eigenvalue weighted by atomic mass is 16.2. The molecule has 2 unspecified atom stereocenters. The summed E-state index contributed by atoms with van der Waals surface area (Å²) in [5.41, 5.74) is 3.47. The van der Waals surface area contributed by atoms with Crippen molar-refractivity contribution < 1.29 is 19.2 Å². The Kier molecular flexibility index (Phi) is 12.5. The van der Waals surface area contributed by atoms with E-state index < -0.39 is 0 Å². The van der Waals surface area contributed by atoms with E-state index in [2.05, 4.69) is 65.2 Å². The molecule has 0 saturated carbocycles. The molecule has 0 N–H and O–H groups in total. The molecular weight excluding hydrogens is 717 g/mol. The fourth-order valence-corrected chi connectivity index (χ4v) is 9.29. The van der Waals surface area contributed by atoms with E-state index in [4.69, 9.17) is 0 Å². The normalized spacial score (nSPS) is 14.8. The lowest BCUT2D eigenvalue weighted by molar-refractivity contribution is 0.0565. The molecule has 0 radical (unpaired) electrons. The molecule has 0 saturated heterocycles. The number of amides is 4. The highest BCUT2D eigenvalue weighted by Crippen LogP contribution is 2.48. The van der Waals surface area contributed by atoms with Crippen molar-refractivity contribution in [3.8, 4) is 23.7 Å². The van der Waals surface area contributed by atoms with E-state index >= 15 is 0 Å². The van der Waals surface area contributed by atoms with Crippen molar-refractivity contribution in [2.24, 2.45) is 11.8 Å². The van der Waals surface area contributed by atoms with E-state index in [0.717, 1.165) is 120 Å². The summed E-state index contributed by atoms with van der Waals surface area (Å²) >= 11 is 0. The van der Waals surface area contributed by atoms with Crippen LogP contribution in [0.15, 0.2) is 36.4 Å². The largest absolute Gasteiger partial charge is 0.274 e. The lowest BCUT2D eigenvalue weighted by atomic mass is 9.79. The van der Waals surface area contributed by atoms with Crippen LogP contribution >= 0.6 is 0 Å². The van der Waals surface area contributed by atoms with E-state index in [0.29, 0.717) is 59.0 Å². The van der Waals surface area contributed by atoms with Gasteiger partial charge >= 0.3 is 0 Å². The second kappa shape index (κ2) is 17.7. The molecule has 0 aliphatic carbocycles. The molecule has 300 valence electrons. The summed E-state index contributed by atoms with van der Waals surface area (Å²) in [4.78, 5) is 61.2. The fourth-order valence-electron chi connectivity index (χ4n) is 9.29. The molecule has 2 atom stereocenters. The van der Waals surface area contributed by atoms with Crippen LogP contribution in [-0.2, 0) is 0 Å². The van der Waals surface area contributed by atoms with Crippen molar-refractivity contribution in [3.05, 3.63) is 69.8 Å². The summed E-state index contributed by atoms with van der Waals surface area (Å²) in [5, 5.41) is 6.32. The first-order valence-corrected chi connectivity index (χ1v) is 22.2. The molecular formula is C52H58N2O4. The Labute approximate surface area is 344 Å². The van der Waals surface area contributed by atoms with Gasteiger partial charge in [0.25, 0.3) is 23.6 Å². The quantitative estimate of drug-likeness (QED) is 0.0329. The van der Waals surface area contributed by atoms with Crippen LogP contribution in [0.3, 0.4) is 0 Å². The van der Waals surface area contributed by atoms with Gasteiger partial charge in [-0.15, -0.1) is 0 Å². The van der Waals surface area contributed by atoms with E-state index in [9.17, 15) is 19.2 Å². The number of carbonyl (C=O) groups is 4. The SMILES string of the molecule is CCCCC#Cc1cc2c3c(ccc4c5c(C#CCCCC)cc6c7c(ccc(c1c34)c75)C(=O)N(CC(CC)CCCC)C6=O)C(=O)N(CC(CC)CCCC)C2=O. The van der Waals surface area contributed by atoms with E-state index in [1.807, 2.05) is 36.4 Å². The zero-order valence-corrected chi connectivity index (χ0v) is 35.5. The highest BCUT2D eigenvalue weighted by Gasteiger charge is 2.39. The van der Waals surface area contributed by atoms with Gasteiger partial charge in [-0.1, -0.05) is 129 Å². The number of rotatable bonds is 16. The van der Waals surface area contributed by atoms with Crippen LogP contribution in [0.25, 0.3) is 43.1 Å². The van der Waals surface area contributed by atoms with Crippen LogP contribution in [-0.4, -0.2) is 46.5 Å². The molecule has 2 aliphatic rings. The molecule has 2 heterocycles. The van der Waals surface area contributed by atoms with Gasteiger partial charge in [-0.3, -0.25) is 29.0 Å². The van der Waals surface area contributed by atoms with Crippen LogP contribution in [0.2, 0.25) is 0 Å². The third-order valence-electron chi connectivity index (χ3n) is 12.7. The summed E-state index contributed by atoms with van der Waals surface area (Å²) in [5.74, 6) is 13.1. The summed E-state index contributed by atoms with van der Waals surface area (Å²) in [6.07, 6.45) is 13.3. The number of imide groups is 2. The molecule has 0 fully saturated rings. The standard InChI is InChI=1S/C52H58N2O4/c1-7-13-17-19-23-35-29-41-45-39(49(55)53(51(41)57)31-33(11-5)21-15-9-3)28-26-38-44-36(24-20-18-14-8-2)30-42-46-40(27-25-37(48(44)46)43(35)47(38)45)50(56)54(52(42)58)32-34(12-6)22-16-10-4/h25-30,33-34H,7-18,21-22,31-32H2,1-6H3. The number of hydrogen-bond acceptors (Lipinski definition) is 4. The van der Waals surface area contributed by atoms with Gasteiger partial charge in [-0.25, -0.2) is 0 Å². The predicted molar refractivity (Wildman–Crippen MR) is 238 cm³/mol. The molecule has 58 heavy (non-hydrogen) atoms. The zero-order valence-electron chi connectivity index (χ0n) is 35.5. The van der Waals surface area contributed by atoms with Gasteiger partial charge in [-0.2, -0.15) is 0 Å². The van der Waals surface area contributed by atoms with Crippen molar-refractivity contribution >= 4 is 66.7 Å². The van der Waals surface area contributed by atoms with Gasteiger partial charge < -0.3 is 0 Å². The van der Waals surface area contributed by atoms with Gasteiger partial charge in [0.05, 0.1) is 0 Å². The van der Waals surface area contributed by atoms with Gasteiger partial charge in [0.2, 0.25) is 0 Å². The number of fused-ring (bicyclic) bond motifs is 2.